The van der Waals surface area contributed by atoms with Crippen molar-refractivity contribution in [3.05, 3.63) is 0 Å². The highest BCUT2D eigenvalue weighted by atomic mass is 32.2. The minimum atomic E-state index is -3.41. The highest BCUT2D eigenvalue weighted by molar-refractivity contribution is 7.88. The zero-order valence-corrected chi connectivity index (χ0v) is 11.1. The Morgan fingerprint density at radius 1 is 1.37 bits per heavy atom. The van der Waals surface area contributed by atoms with Gasteiger partial charge in [0.15, 0.2) is 0 Å². The number of urea groups is 1. The Bertz CT molecular complexity index is 545. The van der Waals surface area contributed by atoms with E-state index >= 15 is 0 Å². The molecule has 4 amide bonds. The zero-order valence-electron chi connectivity index (χ0n) is 10.3. The van der Waals surface area contributed by atoms with Crippen molar-refractivity contribution < 1.29 is 22.8 Å². The summed E-state index contributed by atoms with van der Waals surface area (Å²) in [5.74, 6) is -1.38. The van der Waals surface area contributed by atoms with E-state index < -0.39 is 40.5 Å². The Kier molecular flexibility index (Phi) is 3.22. The quantitative estimate of drug-likeness (QED) is 0.570. The van der Waals surface area contributed by atoms with Gasteiger partial charge in [-0.3, -0.25) is 14.5 Å². The lowest BCUT2D eigenvalue weighted by atomic mass is 10.2. The number of carbonyl (C=O) groups is 3. The van der Waals surface area contributed by atoms with Gasteiger partial charge in [-0.2, -0.15) is 4.31 Å². The molecular formula is C9H14N4O5S. The van der Waals surface area contributed by atoms with Gasteiger partial charge >= 0.3 is 6.03 Å². The molecule has 19 heavy (non-hydrogen) atoms. The third kappa shape index (κ3) is 2.40. The Morgan fingerprint density at radius 3 is 2.53 bits per heavy atom. The topological polar surface area (TPSA) is 121 Å². The van der Waals surface area contributed by atoms with E-state index in [0.717, 1.165) is 15.5 Å². The van der Waals surface area contributed by atoms with Crippen LogP contribution in [-0.4, -0.2) is 78.8 Å². The van der Waals surface area contributed by atoms with E-state index in [1.165, 1.54) is 4.90 Å². The van der Waals surface area contributed by atoms with E-state index in [0.29, 0.717) is 0 Å². The second-order valence-corrected chi connectivity index (χ2v) is 6.49. The molecule has 0 aromatic heterocycles. The van der Waals surface area contributed by atoms with Crippen LogP contribution in [0.5, 0.6) is 0 Å². The number of nitrogens with two attached hydrogens (primary N) is 1. The van der Waals surface area contributed by atoms with E-state index in [-0.39, 0.29) is 19.6 Å². The number of carbonyl (C=O) groups excluding carboxylic acids is 3. The Labute approximate surface area is 110 Å². The lowest BCUT2D eigenvalue weighted by Crippen LogP contribution is -2.54. The fraction of sp³-hybridized carbons (Fsp3) is 0.667. The SMILES string of the molecule is CS(=O)(=O)N1CCN2C(=O)N(CC(N)=O)C(=O)[C@@H]2C1. The maximum atomic E-state index is 12.0. The van der Waals surface area contributed by atoms with Crippen LogP contribution in [0.25, 0.3) is 0 Å². The van der Waals surface area contributed by atoms with Gasteiger partial charge in [0.25, 0.3) is 5.91 Å². The van der Waals surface area contributed by atoms with Gasteiger partial charge in [-0.05, 0) is 0 Å². The van der Waals surface area contributed by atoms with Crippen molar-refractivity contribution in [2.45, 2.75) is 6.04 Å². The van der Waals surface area contributed by atoms with Crippen LogP contribution in [0.3, 0.4) is 0 Å². The Morgan fingerprint density at radius 2 is 2.00 bits per heavy atom. The maximum absolute atomic E-state index is 12.0. The molecule has 1 atom stereocenters. The second-order valence-electron chi connectivity index (χ2n) is 4.50. The first-order valence-corrected chi connectivity index (χ1v) is 7.42. The highest BCUT2D eigenvalue weighted by Gasteiger charge is 2.49. The zero-order chi connectivity index (χ0) is 14.4. The third-order valence-corrected chi connectivity index (χ3v) is 4.42. The molecule has 2 saturated heterocycles. The summed E-state index contributed by atoms with van der Waals surface area (Å²) in [6, 6.07) is -1.46. The van der Waals surface area contributed by atoms with Gasteiger partial charge in [0.2, 0.25) is 15.9 Å². The number of hydrogen-bond acceptors (Lipinski definition) is 5. The van der Waals surface area contributed by atoms with Crippen molar-refractivity contribution in [3.63, 3.8) is 0 Å². The second kappa shape index (κ2) is 4.46. The molecular weight excluding hydrogens is 276 g/mol. The molecule has 106 valence electrons. The standard InChI is InChI=1S/C9H14N4O5S/c1-19(17,18)11-2-3-12-6(4-11)8(15)13(9(12)16)5-7(10)14/h6H,2-5H2,1H3,(H2,10,14)/t6-/m0/s1. The summed E-state index contributed by atoms with van der Waals surface area (Å²) in [4.78, 5) is 36.7. The number of primary amides is 1. The summed E-state index contributed by atoms with van der Waals surface area (Å²) in [5, 5.41) is 0. The number of hydrogen-bond donors (Lipinski definition) is 1. The average Bonchev–Trinajstić information content (AvgIpc) is 2.53. The molecule has 2 aliphatic heterocycles. The van der Waals surface area contributed by atoms with Crippen LogP contribution in [0.2, 0.25) is 0 Å². The Balaban J connectivity index is 2.20. The van der Waals surface area contributed by atoms with E-state index in [1.54, 1.807) is 0 Å². The Hall–Kier alpha value is -1.68. The lowest BCUT2D eigenvalue weighted by molar-refractivity contribution is -0.132. The van der Waals surface area contributed by atoms with Crippen molar-refractivity contribution in [2.75, 3.05) is 32.4 Å². The van der Waals surface area contributed by atoms with Gasteiger partial charge in [-0.1, -0.05) is 0 Å². The number of fused-ring (bicyclic) bond motifs is 1. The van der Waals surface area contributed by atoms with Crippen LogP contribution in [0.15, 0.2) is 0 Å². The molecule has 0 spiro atoms. The van der Waals surface area contributed by atoms with Crippen LogP contribution >= 0.6 is 0 Å². The highest BCUT2D eigenvalue weighted by Crippen LogP contribution is 2.22. The van der Waals surface area contributed by atoms with E-state index in [2.05, 4.69) is 0 Å². The molecule has 10 heteroatoms. The normalized spacial score (nSPS) is 24.8. The fourth-order valence-electron chi connectivity index (χ4n) is 2.23. The van der Waals surface area contributed by atoms with Gasteiger partial charge in [0.1, 0.15) is 12.6 Å². The summed E-state index contributed by atoms with van der Waals surface area (Å²) >= 11 is 0. The van der Waals surface area contributed by atoms with Crippen LogP contribution in [0.4, 0.5) is 4.79 Å². The molecule has 0 aromatic carbocycles. The number of rotatable bonds is 3. The van der Waals surface area contributed by atoms with Crippen LogP contribution in [0, 0.1) is 0 Å². The van der Waals surface area contributed by atoms with Gasteiger partial charge in [0, 0.05) is 19.6 Å². The number of sulfonamides is 1. The van der Waals surface area contributed by atoms with Crippen molar-refractivity contribution >= 4 is 27.9 Å². The third-order valence-electron chi connectivity index (χ3n) is 3.15. The molecule has 2 aliphatic rings. The van der Waals surface area contributed by atoms with Crippen LogP contribution in [-0.2, 0) is 19.6 Å². The first-order chi connectivity index (χ1) is 8.71. The molecule has 0 saturated carbocycles. The number of piperazine rings is 1. The molecule has 0 aliphatic carbocycles. The summed E-state index contributed by atoms with van der Waals surface area (Å²) in [5.41, 5.74) is 4.97. The van der Waals surface area contributed by atoms with Crippen LogP contribution in [0.1, 0.15) is 0 Å². The average molecular weight is 290 g/mol. The summed E-state index contributed by atoms with van der Waals surface area (Å²) < 4.78 is 24.0. The minimum Gasteiger partial charge on any atom is -0.368 e. The molecule has 0 unspecified atom stereocenters. The minimum absolute atomic E-state index is 0.0847. The van der Waals surface area contributed by atoms with Crippen molar-refractivity contribution in [2.24, 2.45) is 5.73 Å². The lowest BCUT2D eigenvalue weighted by Gasteiger charge is -2.33. The molecule has 0 aromatic rings. The molecule has 2 fully saturated rings. The number of imide groups is 1. The summed E-state index contributed by atoms with van der Waals surface area (Å²) in [7, 11) is -3.41. The first kappa shape index (κ1) is 13.7. The largest absolute Gasteiger partial charge is 0.368 e. The van der Waals surface area contributed by atoms with Crippen molar-refractivity contribution in [1.29, 1.82) is 0 Å². The van der Waals surface area contributed by atoms with Gasteiger partial charge in [0.05, 0.1) is 6.26 Å². The molecule has 2 N–H and O–H groups in total. The molecule has 2 heterocycles. The molecule has 9 nitrogen and oxygen atoms in total. The van der Waals surface area contributed by atoms with Crippen molar-refractivity contribution in [3.8, 4) is 0 Å². The summed E-state index contributed by atoms with van der Waals surface area (Å²) in [6.45, 7) is -0.307. The van der Waals surface area contributed by atoms with Gasteiger partial charge in [-0.15, -0.1) is 0 Å². The molecule has 0 bridgehead atoms. The van der Waals surface area contributed by atoms with Crippen molar-refractivity contribution in [1.82, 2.24) is 14.1 Å². The smallest absolute Gasteiger partial charge is 0.328 e. The predicted octanol–water partition coefficient (Wildman–Crippen LogP) is -2.62. The maximum Gasteiger partial charge on any atom is 0.328 e. The van der Waals surface area contributed by atoms with E-state index in [4.69, 9.17) is 5.73 Å². The predicted molar refractivity (Wildman–Crippen MR) is 63.2 cm³/mol. The van der Waals surface area contributed by atoms with Gasteiger partial charge in [-0.25, -0.2) is 13.2 Å². The van der Waals surface area contributed by atoms with E-state index in [1.807, 2.05) is 0 Å². The van der Waals surface area contributed by atoms with Crippen LogP contribution < -0.4 is 5.73 Å². The molecule has 0 radical (unpaired) electrons. The van der Waals surface area contributed by atoms with E-state index in [9.17, 15) is 22.8 Å². The fourth-order valence-corrected chi connectivity index (χ4v) is 3.06. The number of nitrogens with zero attached hydrogens (tertiary/aromatic N) is 3. The monoisotopic (exact) mass is 290 g/mol. The summed E-state index contributed by atoms with van der Waals surface area (Å²) in [6.07, 6.45) is 1.05. The first-order valence-electron chi connectivity index (χ1n) is 5.57. The number of amides is 4. The van der Waals surface area contributed by atoms with Gasteiger partial charge < -0.3 is 10.6 Å². The molecule has 2 rings (SSSR count).